The van der Waals surface area contributed by atoms with Crippen molar-refractivity contribution in [2.45, 2.75) is 30.5 Å². The van der Waals surface area contributed by atoms with Gasteiger partial charge in [-0.25, -0.2) is 13.1 Å². The van der Waals surface area contributed by atoms with Crippen LogP contribution in [0.25, 0.3) is 0 Å². The lowest BCUT2D eigenvalue weighted by atomic mass is 9.96. The Balaban J connectivity index is 1.81. The Morgan fingerprint density at radius 3 is 2.79 bits per heavy atom. The zero-order valence-electron chi connectivity index (χ0n) is 14.5. The third-order valence-corrected chi connectivity index (χ3v) is 5.86. The molecule has 0 bridgehead atoms. The molecule has 154 valence electrons. The Bertz CT molecular complexity index is 886. The van der Waals surface area contributed by atoms with Gasteiger partial charge >= 0.3 is 6.18 Å². The van der Waals surface area contributed by atoms with Crippen LogP contribution >= 0.6 is 0 Å². The topological polar surface area (TPSA) is 98.0 Å². The minimum absolute atomic E-state index is 0.0345. The molecular formula is C17H18F3NO6S. The highest BCUT2D eigenvalue weighted by molar-refractivity contribution is 7.90. The lowest BCUT2D eigenvalue weighted by molar-refractivity contribution is -0.200. The first-order valence-electron chi connectivity index (χ1n) is 8.26. The molecule has 11 heteroatoms. The van der Waals surface area contributed by atoms with Crippen molar-refractivity contribution in [3.05, 3.63) is 59.3 Å². The average Bonchev–Trinajstić information content (AvgIpc) is 3.16. The van der Waals surface area contributed by atoms with E-state index < -0.39 is 41.0 Å². The van der Waals surface area contributed by atoms with Gasteiger partial charge in [0.25, 0.3) is 0 Å². The molecule has 1 aliphatic carbocycles. The minimum Gasteiger partial charge on any atom is -0.476 e. The summed E-state index contributed by atoms with van der Waals surface area (Å²) in [7, 11) is -3.80. The van der Waals surface area contributed by atoms with E-state index in [0.717, 1.165) is 0 Å². The Morgan fingerprint density at radius 1 is 1.36 bits per heavy atom. The number of furan rings is 1. The fraction of sp³-hybridized carbons (Fsp3) is 0.412. The molecule has 7 nitrogen and oxygen atoms in total. The van der Waals surface area contributed by atoms with E-state index in [9.17, 15) is 21.6 Å². The molecule has 2 unspecified atom stereocenters. The number of sulfonamides is 1. The van der Waals surface area contributed by atoms with E-state index in [1.807, 2.05) is 0 Å². The van der Waals surface area contributed by atoms with E-state index >= 15 is 0 Å². The molecule has 0 spiro atoms. The highest BCUT2D eigenvalue weighted by atomic mass is 32.2. The Labute approximate surface area is 159 Å². The molecule has 28 heavy (non-hydrogen) atoms. The van der Waals surface area contributed by atoms with E-state index in [4.69, 9.17) is 14.3 Å². The number of aliphatic hydroxyl groups is 1. The summed E-state index contributed by atoms with van der Waals surface area (Å²) in [6, 6.07) is 3.24. The van der Waals surface area contributed by atoms with Crippen LogP contribution in [0.15, 0.2) is 57.9 Å². The van der Waals surface area contributed by atoms with Crippen molar-refractivity contribution in [2.75, 3.05) is 13.4 Å². The van der Waals surface area contributed by atoms with Gasteiger partial charge in [-0.05, 0) is 30.7 Å². The van der Waals surface area contributed by atoms with Crippen molar-refractivity contribution < 1.29 is 40.6 Å². The normalized spacial score (nSPS) is 22.6. The van der Waals surface area contributed by atoms with Gasteiger partial charge in [-0.15, -0.1) is 0 Å². The van der Waals surface area contributed by atoms with Gasteiger partial charge in [-0.2, -0.15) is 13.2 Å². The van der Waals surface area contributed by atoms with Crippen molar-refractivity contribution in [3.8, 4) is 0 Å². The highest BCUT2D eigenvalue weighted by Crippen LogP contribution is 2.38. The number of ether oxygens (including phenoxy) is 2. The molecule has 3 rings (SSSR count). The summed E-state index contributed by atoms with van der Waals surface area (Å²) in [4.78, 5) is 0. The number of hydrogen-bond acceptors (Lipinski definition) is 6. The predicted octanol–water partition coefficient (Wildman–Crippen LogP) is 2.14. The van der Waals surface area contributed by atoms with E-state index in [2.05, 4.69) is 9.46 Å². The number of hydrogen-bond donors (Lipinski definition) is 2. The van der Waals surface area contributed by atoms with Crippen molar-refractivity contribution in [3.63, 3.8) is 0 Å². The Kier molecular flexibility index (Phi) is 5.98. The molecular weight excluding hydrogens is 403 g/mol. The number of rotatable bonds is 7. The van der Waals surface area contributed by atoms with Gasteiger partial charge in [0, 0.05) is 11.1 Å². The Hall–Kier alpha value is -2.08. The van der Waals surface area contributed by atoms with Gasteiger partial charge in [0.2, 0.25) is 16.1 Å². The molecule has 2 aliphatic rings. The van der Waals surface area contributed by atoms with E-state index in [0.29, 0.717) is 5.76 Å². The maximum atomic E-state index is 13.2. The summed E-state index contributed by atoms with van der Waals surface area (Å²) >= 11 is 0. The van der Waals surface area contributed by atoms with Crippen LogP contribution in [0.4, 0.5) is 13.2 Å². The van der Waals surface area contributed by atoms with E-state index in [1.54, 1.807) is 12.1 Å². The molecule has 0 aromatic carbocycles. The number of aliphatic hydroxyl groups excluding tert-OH is 1. The van der Waals surface area contributed by atoms with E-state index in [-0.39, 0.29) is 29.9 Å². The van der Waals surface area contributed by atoms with Crippen LogP contribution in [0.1, 0.15) is 12.2 Å². The second kappa shape index (κ2) is 8.11. The van der Waals surface area contributed by atoms with Gasteiger partial charge in [0.15, 0.2) is 0 Å². The fourth-order valence-corrected chi connectivity index (χ4v) is 4.10. The van der Waals surface area contributed by atoms with Crippen molar-refractivity contribution >= 4 is 10.0 Å². The summed E-state index contributed by atoms with van der Waals surface area (Å²) in [6.45, 7) is -1.29. The minimum atomic E-state index is -4.68. The maximum Gasteiger partial charge on any atom is 0.429 e. The van der Waals surface area contributed by atoms with Crippen LogP contribution in [-0.2, 0) is 26.0 Å². The van der Waals surface area contributed by atoms with Crippen LogP contribution in [0, 0.1) is 0 Å². The maximum absolute atomic E-state index is 13.2. The number of alkyl halides is 3. The van der Waals surface area contributed by atoms with Gasteiger partial charge in [-0.1, -0.05) is 6.08 Å². The summed E-state index contributed by atoms with van der Waals surface area (Å²) in [5.41, 5.74) is -0.0387. The third kappa shape index (κ3) is 4.66. The van der Waals surface area contributed by atoms with Crippen molar-refractivity contribution in [1.82, 2.24) is 4.72 Å². The van der Waals surface area contributed by atoms with Gasteiger partial charge in [0.05, 0.1) is 24.7 Å². The average molecular weight is 421 g/mol. The fourth-order valence-electron chi connectivity index (χ4n) is 2.87. The van der Waals surface area contributed by atoms with Crippen molar-refractivity contribution in [1.29, 1.82) is 0 Å². The smallest absolute Gasteiger partial charge is 0.429 e. The lowest BCUT2D eigenvalue weighted by Gasteiger charge is -2.32. The number of allylic oxidation sites excluding steroid dienone is 2. The predicted molar refractivity (Wildman–Crippen MR) is 91.1 cm³/mol. The lowest BCUT2D eigenvalue weighted by Crippen LogP contribution is -2.39. The summed E-state index contributed by atoms with van der Waals surface area (Å²) in [6.07, 6.45) is -1.66. The summed E-state index contributed by atoms with van der Waals surface area (Å²) in [5, 5.41) is 7.73. The first-order valence-corrected chi connectivity index (χ1v) is 9.81. The Morgan fingerprint density at radius 2 is 2.14 bits per heavy atom. The van der Waals surface area contributed by atoms with Gasteiger partial charge < -0.3 is 19.0 Å². The first kappa shape index (κ1) is 20.6. The number of nitrogens with one attached hydrogen (secondary N) is 1. The standard InChI is InChI=1S/C17H18F3NO6S/c18-17(19,20)16-12(9-25-10-22)6-11-7-14(3-4-15(11)27-16)28(23,24)21-8-13-2-1-5-26-13/h1-2,4-7,14,16,21-22H,3,8-10H2. The second-order valence-electron chi connectivity index (χ2n) is 6.15. The molecule has 0 saturated carbocycles. The zero-order chi connectivity index (χ0) is 20.4. The first-order chi connectivity index (χ1) is 13.2. The molecule has 0 amide bonds. The highest BCUT2D eigenvalue weighted by Gasteiger charge is 2.47. The summed E-state index contributed by atoms with van der Waals surface area (Å²) < 4.78 is 81.9. The third-order valence-electron chi connectivity index (χ3n) is 4.19. The largest absolute Gasteiger partial charge is 0.476 e. The van der Waals surface area contributed by atoms with Crippen LogP contribution in [-0.4, -0.2) is 44.5 Å². The number of halogens is 3. The van der Waals surface area contributed by atoms with Crippen LogP contribution in [0.3, 0.4) is 0 Å². The van der Waals surface area contributed by atoms with Crippen LogP contribution in [0.2, 0.25) is 0 Å². The zero-order valence-corrected chi connectivity index (χ0v) is 15.3. The molecule has 2 atom stereocenters. The SMILES string of the molecule is O=S(=O)(NCc1ccco1)C1C=C2C=C(COCO)C(C(F)(F)F)OC2=CC1. The summed E-state index contributed by atoms with van der Waals surface area (Å²) in [5.74, 6) is 0.396. The molecule has 1 aromatic rings. The monoisotopic (exact) mass is 421 g/mol. The van der Waals surface area contributed by atoms with Gasteiger partial charge in [-0.3, -0.25) is 0 Å². The molecule has 1 aliphatic heterocycles. The molecule has 1 aromatic heterocycles. The quantitative estimate of drug-likeness (QED) is 0.655. The van der Waals surface area contributed by atoms with Crippen LogP contribution in [0.5, 0.6) is 0 Å². The number of fused-ring (bicyclic) bond motifs is 1. The molecule has 0 saturated heterocycles. The molecule has 2 N–H and O–H groups in total. The van der Waals surface area contributed by atoms with Gasteiger partial charge in [0.1, 0.15) is 18.3 Å². The molecule has 2 heterocycles. The molecule has 0 radical (unpaired) electrons. The van der Waals surface area contributed by atoms with E-state index in [1.165, 1.54) is 24.5 Å². The van der Waals surface area contributed by atoms with Crippen LogP contribution < -0.4 is 4.72 Å². The molecule has 0 fully saturated rings. The second-order valence-corrected chi connectivity index (χ2v) is 8.13. The van der Waals surface area contributed by atoms with Crippen molar-refractivity contribution in [2.24, 2.45) is 0 Å².